The zero-order chi connectivity index (χ0) is 17.0. The van der Waals surface area contributed by atoms with Crippen molar-refractivity contribution in [3.63, 3.8) is 0 Å². The van der Waals surface area contributed by atoms with Crippen LogP contribution in [0.3, 0.4) is 0 Å². The van der Waals surface area contributed by atoms with Gasteiger partial charge in [-0.05, 0) is 61.7 Å². The number of benzene rings is 2. The number of aryl methyl sites for hydroxylation is 1. The number of halogens is 2. The zero-order valence-electron chi connectivity index (χ0n) is 13.0. The number of hydrogen-bond donors (Lipinski definition) is 2. The molecule has 0 aromatic heterocycles. The minimum absolute atomic E-state index is 0.289. The third kappa shape index (κ3) is 4.60. The summed E-state index contributed by atoms with van der Waals surface area (Å²) >= 11 is 0. The molecule has 2 rings (SSSR count). The third-order valence-corrected chi connectivity index (χ3v) is 3.64. The van der Waals surface area contributed by atoms with Crippen molar-refractivity contribution in [2.24, 2.45) is 0 Å². The molecule has 0 saturated carbocycles. The minimum atomic E-state index is -0.805. The van der Waals surface area contributed by atoms with Crippen molar-refractivity contribution in [3.8, 4) is 0 Å². The van der Waals surface area contributed by atoms with Crippen molar-refractivity contribution < 1.29 is 18.7 Å². The number of aliphatic hydroxyl groups excluding tert-OH is 1. The molecular formula is C18H19F2NO2. The first-order chi connectivity index (χ1) is 10.9. The first-order valence-electron chi connectivity index (χ1n) is 7.37. The van der Waals surface area contributed by atoms with Gasteiger partial charge in [0.15, 0.2) is 0 Å². The van der Waals surface area contributed by atoms with Crippen molar-refractivity contribution in [2.75, 3.05) is 0 Å². The topological polar surface area (TPSA) is 49.3 Å². The molecular weight excluding hydrogens is 300 g/mol. The molecule has 2 unspecified atom stereocenters. The second-order valence-corrected chi connectivity index (χ2v) is 5.64. The lowest BCUT2D eigenvalue weighted by molar-refractivity contribution is 0.0916. The van der Waals surface area contributed by atoms with E-state index in [4.69, 9.17) is 0 Å². The molecule has 0 aliphatic carbocycles. The molecule has 5 heteroatoms. The number of carbonyl (C=O) groups is 1. The number of carbonyl (C=O) groups excluding carboxylic acids is 1. The van der Waals surface area contributed by atoms with Gasteiger partial charge in [0.2, 0.25) is 0 Å². The van der Waals surface area contributed by atoms with Gasteiger partial charge in [0.25, 0.3) is 5.91 Å². The van der Waals surface area contributed by atoms with Gasteiger partial charge < -0.3 is 10.4 Å². The summed E-state index contributed by atoms with van der Waals surface area (Å²) in [5, 5.41) is 12.9. The van der Waals surface area contributed by atoms with Gasteiger partial charge in [0.05, 0.1) is 6.10 Å². The summed E-state index contributed by atoms with van der Waals surface area (Å²) in [5.41, 5.74) is 1.54. The van der Waals surface area contributed by atoms with Gasteiger partial charge in [-0.15, -0.1) is 0 Å². The van der Waals surface area contributed by atoms with Crippen molar-refractivity contribution >= 4 is 5.91 Å². The van der Waals surface area contributed by atoms with E-state index in [9.17, 15) is 18.7 Å². The van der Waals surface area contributed by atoms with Crippen molar-refractivity contribution in [3.05, 3.63) is 70.8 Å². The summed E-state index contributed by atoms with van der Waals surface area (Å²) in [6.45, 7) is 3.43. The molecule has 0 aliphatic heterocycles. The van der Waals surface area contributed by atoms with E-state index in [0.29, 0.717) is 16.7 Å². The summed E-state index contributed by atoms with van der Waals surface area (Å²) < 4.78 is 25.9. The zero-order valence-corrected chi connectivity index (χ0v) is 13.0. The fourth-order valence-corrected chi connectivity index (χ4v) is 2.40. The highest BCUT2D eigenvalue weighted by Crippen LogP contribution is 2.19. The average molecular weight is 319 g/mol. The predicted molar refractivity (Wildman–Crippen MR) is 84.0 cm³/mol. The van der Waals surface area contributed by atoms with E-state index in [1.54, 1.807) is 13.8 Å². The van der Waals surface area contributed by atoms with E-state index in [1.807, 2.05) is 0 Å². The van der Waals surface area contributed by atoms with Crippen LogP contribution in [-0.4, -0.2) is 17.1 Å². The Morgan fingerprint density at radius 2 is 1.74 bits per heavy atom. The average Bonchev–Trinajstić information content (AvgIpc) is 2.47. The maximum atomic E-state index is 13.1. The van der Waals surface area contributed by atoms with Crippen LogP contribution in [0.4, 0.5) is 8.78 Å². The van der Waals surface area contributed by atoms with Crippen LogP contribution >= 0.6 is 0 Å². The van der Waals surface area contributed by atoms with E-state index in [-0.39, 0.29) is 30.0 Å². The van der Waals surface area contributed by atoms with Crippen LogP contribution < -0.4 is 5.32 Å². The normalized spacial score (nSPS) is 13.4. The number of nitrogens with one attached hydrogen (secondary N) is 1. The minimum Gasteiger partial charge on any atom is -0.388 e. The summed E-state index contributed by atoms with van der Waals surface area (Å²) in [4.78, 5) is 12.2. The Morgan fingerprint density at radius 3 is 2.35 bits per heavy atom. The molecule has 0 spiro atoms. The fourth-order valence-electron chi connectivity index (χ4n) is 2.40. The van der Waals surface area contributed by atoms with Crippen LogP contribution in [0.25, 0.3) is 0 Å². The highest BCUT2D eigenvalue weighted by molar-refractivity contribution is 5.95. The molecule has 2 N–H and O–H groups in total. The molecule has 1 amide bonds. The summed E-state index contributed by atoms with van der Waals surface area (Å²) in [6, 6.07) is 9.26. The molecule has 0 aliphatic rings. The Bertz CT molecular complexity index is 686. The first kappa shape index (κ1) is 17.1. The van der Waals surface area contributed by atoms with Gasteiger partial charge in [0, 0.05) is 11.6 Å². The van der Waals surface area contributed by atoms with Gasteiger partial charge in [-0.25, -0.2) is 8.78 Å². The molecule has 2 atom stereocenters. The molecule has 0 bridgehead atoms. The van der Waals surface area contributed by atoms with Crippen LogP contribution in [0.15, 0.2) is 42.5 Å². The van der Waals surface area contributed by atoms with E-state index in [0.717, 1.165) is 0 Å². The third-order valence-electron chi connectivity index (χ3n) is 3.64. The van der Waals surface area contributed by atoms with Crippen molar-refractivity contribution in [2.45, 2.75) is 32.4 Å². The van der Waals surface area contributed by atoms with Gasteiger partial charge in [-0.1, -0.05) is 12.1 Å². The molecule has 2 aromatic rings. The van der Waals surface area contributed by atoms with E-state index >= 15 is 0 Å². The second kappa shape index (κ2) is 7.33. The van der Waals surface area contributed by atoms with Crippen LogP contribution in [-0.2, 0) is 0 Å². The largest absolute Gasteiger partial charge is 0.388 e. The predicted octanol–water partition coefficient (Wildman–Crippen LogP) is 3.52. The lowest BCUT2D eigenvalue weighted by atomic mass is 10.0. The molecule has 0 heterocycles. The number of hydrogen-bond acceptors (Lipinski definition) is 2. The summed E-state index contributed by atoms with van der Waals surface area (Å²) in [5.74, 6) is -1.07. The Labute approximate surface area is 134 Å². The van der Waals surface area contributed by atoms with E-state index in [1.165, 1.54) is 42.5 Å². The number of rotatable bonds is 5. The molecule has 0 fully saturated rings. The molecule has 0 radical (unpaired) electrons. The molecule has 2 aromatic carbocycles. The standard InChI is InChI=1S/C18H19F2NO2/c1-11-9-15(20)7-8-16(11)18(23)21-12(2)10-17(22)13-3-5-14(19)6-4-13/h3-9,12,17,22H,10H2,1-2H3,(H,21,23). The van der Waals surface area contributed by atoms with Gasteiger partial charge in [0.1, 0.15) is 11.6 Å². The van der Waals surface area contributed by atoms with Crippen LogP contribution in [0, 0.1) is 18.6 Å². The quantitative estimate of drug-likeness (QED) is 0.886. The summed E-state index contributed by atoms with van der Waals surface area (Å²) in [7, 11) is 0. The van der Waals surface area contributed by atoms with Gasteiger partial charge in [-0.3, -0.25) is 4.79 Å². The maximum absolute atomic E-state index is 13.1. The Kier molecular flexibility index (Phi) is 5.45. The Balaban J connectivity index is 1.97. The first-order valence-corrected chi connectivity index (χ1v) is 7.37. The SMILES string of the molecule is Cc1cc(F)ccc1C(=O)NC(C)CC(O)c1ccc(F)cc1. The van der Waals surface area contributed by atoms with Crippen molar-refractivity contribution in [1.82, 2.24) is 5.32 Å². The molecule has 3 nitrogen and oxygen atoms in total. The highest BCUT2D eigenvalue weighted by Gasteiger charge is 2.16. The van der Waals surface area contributed by atoms with Gasteiger partial charge in [-0.2, -0.15) is 0 Å². The number of aliphatic hydroxyl groups is 1. The maximum Gasteiger partial charge on any atom is 0.251 e. The van der Waals surface area contributed by atoms with Gasteiger partial charge >= 0.3 is 0 Å². The lowest BCUT2D eigenvalue weighted by Gasteiger charge is -2.19. The van der Waals surface area contributed by atoms with E-state index in [2.05, 4.69) is 5.32 Å². The highest BCUT2D eigenvalue weighted by atomic mass is 19.1. The Hall–Kier alpha value is -2.27. The summed E-state index contributed by atoms with van der Waals surface area (Å²) in [6.07, 6.45) is -0.516. The van der Waals surface area contributed by atoms with Crippen LogP contribution in [0.1, 0.15) is 40.9 Å². The smallest absolute Gasteiger partial charge is 0.251 e. The fraction of sp³-hybridized carbons (Fsp3) is 0.278. The van der Waals surface area contributed by atoms with Crippen LogP contribution in [0.5, 0.6) is 0 Å². The van der Waals surface area contributed by atoms with Crippen molar-refractivity contribution in [1.29, 1.82) is 0 Å². The molecule has 0 saturated heterocycles. The second-order valence-electron chi connectivity index (χ2n) is 5.64. The molecule has 23 heavy (non-hydrogen) atoms. The number of amides is 1. The van der Waals surface area contributed by atoms with Crippen LogP contribution in [0.2, 0.25) is 0 Å². The molecule has 122 valence electrons. The van der Waals surface area contributed by atoms with E-state index < -0.39 is 6.10 Å². The lowest BCUT2D eigenvalue weighted by Crippen LogP contribution is -2.34. The Morgan fingerprint density at radius 1 is 1.13 bits per heavy atom. The monoisotopic (exact) mass is 319 g/mol.